The summed E-state index contributed by atoms with van der Waals surface area (Å²) >= 11 is 0. The topological polar surface area (TPSA) is 33.4 Å². The van der Waals surface area contributed by atoms with Gasteiger partial charge in [0.2, 0.25) is 0 Å². The molecule has 0 unspecified atom stereocenters. The first-order chi connectivity index (χ1) is 9.79. The number of aliphatic hydroxyl groups is 1. The monoisotopic (exact) mass is 298 g/mol. The van der Waals surface area contributed by atoms with Crippen molar-refractivity contribution in [3.63, 3.8) is 0 Å². The molecular formula is C16H17F3O2. The van der Waals surface area contributed by atoms with Crippen LogP contribution in [0.25, 0.3) is 11.0 Å². The highest BCUT2D eigenvalue weighted by Gasteiger charge is 2.46. The van der Waals surface area contributed by atoms with Gasteiger partial charge in [0.25, 0.3) is 0 Å². The summed E-state index contributed by atoms with van der Waals surface area (Å²) in [5, 5.41) is 11.5. The van der Waals surface area contributed by atoms with Crippen molar-refractivity contribution in [2.75, 3.05) is 0 Å². The van der Waals surface area contributed by atoms with Gasteiger partial charge in [-0.15, -0.1) is 0 Å². The summed E-state index contributed by atoms with van der Waals surface area (Å²) in [4.78, 5) is 0. The third kappa shape index (κ3) is 2.55. The number of alkyl halides is 3. The minimum atomic E-state index is -4.17. The van der Waals surface area contributed by atoms with Gasteiger partial charge in [-0.3, -0.25) is 0 Å². The van der Waals surface area contributed by atoms with E-state index in [1.807, 2.05) is 25.1 Å². The normalized spacial score (nSPS) is 27.2. The van der Waals surface area contributed by atoms with Gasteiger partial charge in [0.1, 0.15) is 16.9 Å². The van der Waals surface area contributed by atoms with E-state index in [-0.39, 0.29) is 25.7 Å². The van der Waals surface area contributed by atoms with E-state index in [1.165, 1.54) is 0 Å². The van der Waals surface area contributed by atoms with E-state index >= 15 is 0 Å². The Morgan fingerprint density at radius 1 is 1.24 bits per heavy atom. The summed E-state index contributed by atoms with van der Waals surface area (Å²) in [6, 6.07) is 7.41. The van der Waals surface area contributed by atoms with Crippen molar-refractivity contribution < 1.29 is 22.7 Å². The molecule has 2 aromatic rings. The van der Waals surface area contributed by atoms with E-state index < -0.39 is 17.7 Å². The first-order valence-corrected chi connectivity index (χ1v) is 7.08. The molecule has 5 heteroatoms. The molecule has 1 aromatic carbocycles. The van der Waals surface area contributed by atoms with Gasteiger partial charge < -0.3 is 9.52 Å². The van der Waals surface area contributed by atoms with Crippen LogP contribution in [-0.2, 0) is 5.60 Å². The lowest BCUT2D eigenvalue weighted by molar-refractivity contribution is -0.194. The van der Waals surface area contributed by atoms with Crippen LogP contribution in [0.1, 0.15) is 37.0 Å². The molecule has 1 aromatic heterocycles. The van der Waals surface area contributed by atoms with Crippen LogP contribution in [0.4, 0.5) is 13.2 Å². The summed E-state index contributed by atoms with van der Waals surface area (Å²) in [6.45, 7) is 1.90. The van der Waals surface area contributed by atoms with Crippen molar-refractivity contribution in [3.05, 3.63) is 35.6 Å². The van der Waals surface area contributed by atoms with E-state index in [4.69, 9.17) is 4.42 Å². The Morgan fingerprint density at radius 3 is 2.48 bits per heavy atom. The van der Waals surface area contributed by atoms with Crippen LogP contribution in [0.5, 0.6) is 0 Å². The fraction of sp³-hybridized carbons (Fsp3) is 0.500. The number of rotatable bonds is 1. The number of benzene rings is 1. The van der Waals surface area contributed by atoms with E-state index in [0.717, 1.165) is 10.9 Å². The van der Waals surface area contributed by atoms with E-state index in [2.05, 4.69) is 0 Å². The molecule has 1 aliphatic carbocycles. The second-order valence-electron chi connectivity index (χ2n) is 5.95. The lowest BCUT2D eigenvalue weighted by Crippen LogP contribution is -2.36. The number of hydrogen-bond acceptors (Lipinski definition) is 2. The number of para-hydroxylation sites is 1. The van der Waals surface area contributed by atoms with Crippen molar-refractivity contribution >= 4 is 11.0 Å². The molecule has 0 radical (unpaired) electrons. The molecule has 0 saturated heterocycles. The summed E-state index contributed by atoms with van der Waals surface area (Å²) < 4.78 is 43.9. The number of aryl methyl sites for hydroxylation is 1. The van der Waals surface area contributed by atoms with Crippen molar-refractivity contribution in [2.24, 2.45) is 5.92 Å². The van der Waals surface area contributed by atoms with Gasteiger partial charge in [-0.2, -0.15) is 13.2 Å². The van der Waals surface area contributed by atoms with Crippen LogP contribution < -0.4 is 0 Å². The Hall–Kier alpha value is -1.49. The van der Waals surface area contributed by atoms with Crippen LogP contribution in [0.3, 0.4) is 0 Å². The summed E-state index contributed by atoms with van der Waals surface area (Å²) in [5.41, 5.74) is 0.359. The molecule has 1 aliphatic rings. The zero-order valence-corrected chi connectivity index (χ0v) is 11.7. The molecule has 0 spiro atoms. The lowest BCUT2D eigenvalue weighted by atomic mass is 9.77. The maximum Gasteiger partial charge on any atom is 0.391 e. The zero-order chi connectivity index (χ0) is 15.3. The Labute approximate surface area is 120 Å². The van der Waals surface area contributed by atoms with Gasteiger partial charge in [-0.05, 0) is 44.2 Å². The molecule has 1 saturated carbocycles. The van der Waals surface area contributed by atoms with Crippen molar-refractivity contribution in [1.82, 2.24) is 0 Å². The van der Waals surface area contributed by atoms with Crippen LogP contribution in [0, 0.1) is 12.8 Å². The highest BCUT2D eigenvalue weighted by Crippen LogP contribution is 2.46. The third-order valence-electron chi connectivity index (χ3n) is 4.48. The Bertz CT molecular complexity index is 649. The quantitative estimate of drug-likeness (QED) is 0.829. The van der Waals surface area contributed by atoms with Crippen LogP contribution in [-0.4, -0.2) is 11.3 Å². The van der Waals surface area contributed by atoms with E-state index in [0.29, 0.717) is 11.3 Å². The van der Waals surface area contributed by atoms with E-state index in [9.17, 15) is 18.3 Å². The minimum Gasteiger partial charge on any atom is -0.458 e. The Balaban J connectivity index is 1.87. The standard InChI is InChI=1S/C16H17F3O2/c1-10-3-2-4-11-9-13(21-14(10)11)15(20)7-5-12(6-8-15)16(17,18)19/h2-4,9,12,20H,5-8H2,1H3. The third-order valence-corrected chi connectivity index (χ3v) is 4.48. The van der Waals surface area contributed by atoms with Gasteiger partial charge in [-0.25, -0.2) is 0 Å². The predicted octanol–water partition coefficient (Wildman–Crippen LogP) is 4.68. The number of halogens is 3. The van der Waals surface area contributed by atoms with Gasteiger partial charge in [0.05, 0.1) is 5.92 Å². The first kappa shape index (κ1) is 14.4. The highest BCUT2D eigenvalue weighted by molar-refractivity contribution is 5.81. The first-order valence-electron chi connectivity index (χ1n) is 7.08. The van der Waals surface area contributed by atoms with Crippen molar-refractivity contribution in [3.8, 4) is 0 Å². The smallest absolute Gasteiger partial charge is 0.391 e. The van der Waals surface area contributed by atoms with Crippen molar-refractivity contribution in [2.45, 2.75) is 44.4 Å². The fourth-order valence-electron chi connectivity index (χ4n) is 3.11. The van der Waals surface area contributed by atoms with Crippen molar-refractivity contribution in [1.29, 1.82) is 0 Å². The van der Waals surface area contributed by atoms with Crippen LogP contribution >= 0.6 is 0 Å². The molecular weight excluding hydrogens is 281 g/mol. The molecule has 0 bridgehead atoms. The maximum atomic E-state index is 12.7. The summed E-state index contributed by atoms with van der Waals surface area (Å²) in [5.74, 6) is -0.934. The molecule has 0 aliphatic heterocycles. The molecule has 2 nitrogen and oxygen atoms in total. The molecule has 21 heavy (non-hydrogen) atoms. The van der Waals surface area contributed by atoms with Crippen LogP contribution in [0.2, 0.25) is 0 Å². The molecule has 3 rings (SSSR count). The minimum absolute atomic E-state index is 0.0595. The molecule has 0 amide bonds. The summed E-state index contributed by atoms with van der Waals surface area (Å²) in [6.07, 6.45) is -4.13. The van der Waals surface area contributed by atoms with Gasteiger partial charge in [-0.1, -0.05) is 18.2 Å². The van der Waals surface area contributed by atoms with E-state index in [1.54, 1.807) is 6.07 Å². The fourth-order valence-corrected chi connectivity index (χ4v) is 3.11. The SMILES string of the molecule is Cc1cccc2cc(C3(O)CCC(C(F)(F)F)CC3)oc12. The number of hydrogen-bond donors (Lipinski definition) is 1. The Morgan fingerprint density at radius 2 is 1.90 bits per heavy atom. The lowest BCUT2D eigenvalue weighted by Gasteiger charge is -2.35. The largest absolute Gasteiger partial charge is 0.458 e. The second kappa shape index (κ2) is 4.77. The van der Waals surface area contributed by atoms with Gasteiger partial charge in [0.15, 0.2) is 0 Å². The molecule has 1 N–H and O–H groups in total. The predicted molar refractivity (Wildman–Crippen MR) is 72.9 cm³/mol. The molecule has 0 atom stereocenters. The summed E-state index contributed by atoms with van der Waals surface area (Å²) in [7, 11) is 0. The van der Waals surface area contributed by atoms with Crippen LogP contribution in [0.15, 0.2) is 28.7 Å². The average molecular weight is 298 g/mol. The maximum absolute atomic E-state index is 12.7. The second-order valence-corrected chi connectivity index (χ2v) is 5.95. The number of fused-ring (bicyclic) bond motifs is 1. The van der Waals surface area contributed by atoms with Gasteiger partial charge in [0, 0.05) is 5.39 Å². The molecule has 1 fully saturated rings. The average Bonchev–Trinajstić information content (AvgIpc) is 2.84. The molecule has 114 valence electrons. The van der Waals surface area contributed by atoms with Gasteiger partial charge >= 0.3 is 6.18 Å². The Kier molecular flexibility index (Phi) is 3.28. The molecule has 1 heterocycles. The zero-order valence-electron chi connectivity index (χ0n) is 11.7. The highest BCUT2D eigenvalue weighted by atomic mass is 19.4. The number of furan rings is 1.